The number of pyridine rings is 2. The summed E-state index contributed by atoms with van der Waals surface area (Å²) in [6, 6.07) is 46.1. The summed E-state index contributed by atoms with van der Waals surface area (Å²) in [5.74, 6) is 0. The van der Waals surface area contributed by atoms with Crippen LogP contribution in [0.25, 0.3) is 88.6 Å². The molecule has 9 aromatic rings. The summed E-state index contributed by atoms with van der Waals surface area (Å²) < 4.78 is 12.8. The molecule has 0 N–H and O–H groups in total. The zero-order valence-electron chi connectivity index (χ0n) is 23.6. The Balaban J connectivity index is 1.31. The summed E-state index contributed by atoms with van der Waals surface area (Å²) in [5, 5.41) is 2.02. The number of aromatic nitrogens is 2. The quantitative estimate of drug-likeness (QED) is 0.213. The number of hydrogen-bond donors (Lipinski definition) is 0. The van der Waals surface area contributed by atoms with Crippen molar-refractivity contribution >= 4 is 44.1 Å². The van der Waals surface area contributed by atoms with Crippen LogP contribution in [0.2, 0.25) is 0 Å². The molecule has 0 amide bonds. The van der Waals surface area contributed by atoms with E-state index in [9.17, 15) is 0 Å². The van der Waals surface area contributed by atoms with Gasteiger partial charge in [-0.25, -0.2) is 0 Å². The van der Waals surface area contributed by atoms with Crippen LogP contribution >= 0.6 is 0 Å². The van der Waals surface area contributed by atoms with Crippen LogP contribution < -0.4 is 0 Å². The fraction of sp³-hybridized carbons (Fsp3) is 0. The normalized spacial score (nSPS) is 11.6. The van der Waals surface area contributed by atoms with E-state index in [0.29, 0.717) is 0 Å². The first kappa shape index (κ1) is 24.6. The molecule has 0 atom stereocenters. The third kappa shape index (κ3) is 3.85. The lowest BCUT2D eigenvalue weighted by Crippen LogP contribution is -1.90. The van der Waals surface area contributed by atoms with Crippen LogP contribution in [0.4, 0.5) is 0 Å². The average Bonchev–Trinajstić information content (AvgIpc) is 3.67. The maximum atomic E-state index is 6.44. The molecule has 0 unspecified atom stereocenters. The number of fused-ring (bicyclic) bond motifs is 6. The molecular formula is C40H24N2O2. The van der Waals surface area contributed by atoms with Crippen molar-refractivity contribution in [2.45, 2.75) is 0 Å². The van der Waals surface area contributed by atoms with Crippen LogP contribution in [0.15, 0.2) is 155 Å². The highest BCUT2D eigenvalue weighted by Gasteiger charge is 2.19. The Morgan fingerprint density at radius 1 is 0.364 bits per heavy atom. The van der Waals surface area contributed by atoms with Crippen LogP contribution in [0, 0.1) is 0 Å². The molecule has 0 bridgehead atoms. The van der Waals surface area contributed by atoms with Gasteiger partial charge in [-0.2, -0.15) is 0 Å². The van der Waals surface area contributed by atoms with Crippen LogP contribution in [0.1, 0.15) is 0 Å². The number of benzene rings is 5. The van der Waals surface area contributed by atoms with Crippen LogP contribution in [-0.4, -0.2) is 9.97 Å². The average molecular weight is 565 g/mol. The third-order valence-corrected chi connectivity index (χ3v) is 8.41. The summed E-state index contributed by atoms with van der Waals surface area (Å²) in [6.45, 7) is 0. The summed E-state index contributed by atoms with van der Waals surface area (Å²) in [6.07, 6.45) is 3.68. The molecule has 9 rings (SSSR count). The van der Waals surface area contributed by atoms with Gasteiger partial charge in [0.05, 0.1) is 0 Å². The first-order valence-electron chi connectivity index (χ1n) is 14.6. The monoisotopic (exact) mass is 564 g/mol. The Morgan fingerprint density at radius 2 is 1.09 bits per heavy atom. The van der Waals surface area contributed by atoms with E-state index >= 15 is 0 Å². The van der Waals surface area contributed by atoms with Gasteiger partial charge in [0.25, 0.3) is 0 Å². The van der Waals surface area contributed by atoms with Crippen LogP contribution in [0.5, 0.6) is 0 Å². The topological polar surface area (TPSA) is 52.1 Å². The molecule has 5 aromatic carbocycles. The number of para-hydroxylation sites is 2. The van der Waals surface area contributed by atoms with Crippen molar-refractivity contribution in [2.75, 3.05) is 0 Å². The maximum absolute atomic E-state index is 6.44. The molecular weight excluding hydrogens is 540 g/mol. The second-order valence-corrected chi connectivity index (χ2v) is 11.0. The van der Waals surface area contributed by atoms with Gasteiger partial charge in [0, 0.05) is 34.3 Å². The van der Waals surface area contributed by atoms with E-state index in [1.54, 1.807) is 0 Å². The third-order valence-electron chi connectivity index (χ3n) is 8.41. The molecule has 4 nitrogen and oxygen atoms in total. The van der Waals surface area contributed by atoms with Gasteiger partial charge in [-0.15, -0.1) is 0 Å². The minimum atomic E-state index is 0.781. The number of nitrogens with zero attached hydrogens (tertiary/aromatic N) is 2. The SMILES string of the molecule is c1ccc(-c2cccc(-c3cc(-c4ccnc5c4oc4ccccc45)ccc3-c3cccc4c3oc3cccnc34)c2)cc1. The molecule has 4 heterocycles. The van der Waals surface area contributed by atoms with Gasteiger partial charge in [-0.3, -0.25) is 9.97 Å². The predicted octanol–water partition coefficient (Wildman–Crippen LogP) is 10.9. The molecule has 4 aromatic heterocycles. The smallest absolute Gasteiger partial charge is 0.161 e. The van der Waals surface area contributed by atoms with Crippen LogP contribution in [0.3, 0.4) is 0 Å². The van der Waals surface area contributed by atoms with E-state index in [2.05, 4.69) is 101 Å². The van der Waals surface area contributed by atoms with E-state index in [1.807, 2.05) is 54.9 Å². The highest BCUT2D eigenvalue weighted by atomic mass is 16.3. The van der Waals surface area contributed by atoms with Gasteiger partial charge < -0.3 is 8.83 Å². The molecule has 4 heteroatoms. The van der Waals surface area contributed by atoms with Crippen molar-refractivity contribution in [1.82, 2.24) is 9.97 Å². The van der Waals surface area contributed by atoms with Crippen molar-refractivity contribution in [3.05, 3.63) is 146 Å². The highest BCUT2D eigenvalue weighted by Crippen LogP contribution is 2.43. The number of rotatable bonds is 4. The molecule has 0 saturated heterocycles. The largest absolute Gasteiger partial charge is 0.454 e. The maximum Gasteiger partial charge on any atom is 0.161 e. The first-order valence-corrected chi connectivity index (χ1v) is 14.6. The van der Waals surface area contributed by atoms with E-state index < -0.39 is 0 Å². The Labute approximate surface area is 252 Å². The molecule has 0 aliphatic heterocycles. The summed E-state index contributed by atoms with van der Waals surface area (Å²) in [7, 11) is 0. The molecule has 0 aliphatic rings. The Morgan fingerprint density at radius 3 is 2.05 bits per heavy atom. The second kappa shape index (κ2) is 9.79. The minimum absolute atomic E-state index is 0.781. The standard InChI is InChI=1S/C40H24N2O2/c1-2-9-25(10-3-1)26-11-6-12-27(23-26)34-24-28(29-20-22-42-38-32-13-4-5-16-35(32)43-40(29)38)18-19-30(34)31-14-7-15-33-37-36(44-39(31)33)17-8-21-41-37/h1-24H. The molecule has 0 radical (unpaired) electrons. The fourth-order valence-electron chi connectivity index (χ4n) is 6.35. The van der Waals surface area contributed by atoms with Gasteiger partial charge in [0.15, 0.2) is 11.2 Å². The van der Waals surface area contributed by atoms with Crippen molar-refractivity contribution in [3.8, 4) is 44.5 Å². The summed E-state index contributed by atoms with van der Waals surface area (Å²) in [4.78, 5) is 9.31. The zero-order chi connectivity index (χ0) is 29.0. The predicted molar refractivity (Wildman–Crippen MR) is 178 cm³/mol. The number of hydrogen-bond acceptors (Lipinski definition) is 4. The summed E-state index contributed by atoms with van der Waals surface area (Å²) in [5.41, 5.74) is 13.7. The fourth-order valence-corrected chi connectivity index (χ4v) is 6.35. The Hall–Kier alpha value is -6.00. The van der Waals surface area contributed by atoms with Crippen molar-refractivity contribution in [3.63, 3.8) is 0 Å². The second-order valence-electron chi connectivity index (χ2n) is 11.0. The Kier molecular flexibility index (Phi) is 5.47. The molecule has 44 heavy (non-hydrogen) atoms. The van der Waals surface area contributed by atoms with Crippen molar-refractivity contribution < 1.29 is 8.83 Å². The number of furan rings is 2. The molecule has 0 fully saturated rings. The first-order chi connectivity index (χ1) is 21.8. The van der Waals surface area contributed by atoms with E-state index in [0.717, 1.165) is 83.1 Å². The lowest BCUT2D eigenvalue weighted by atomic mass is 9.89. The minimum Gasteiger partial charge on any atom is -0.454 e. The molecule has 0 saturated carbocycles. The van der Waals surface area contributed by atoms with Gasteiger partial charge in [-0.1, -0.05) is 84.9 Å². The highest BCUT2D eigenvalue weighted by molar-refractivity contribution is 6.10. The lowest BCUT2D eigenvalue weighted by molar-refractivity contribution is 0.668. The van der Waals surface area contributed by atoms with Gasteiger partial charge in [0.2, 0.25) is 0 Å². The van der Waals surface area contributed by atoms with E-state index in [1.165, 1.54) is 5.56 Å². The van der Waals surface area contributed by atoms with Crippen LogP contribution in [-0.2, 0) is 0 Å². The summed E-state index contributed by atoms with van der Waals surface area (Å²) >= 11 is 0. The molecule has 206 valence electrons. The lowest BCUT2D eigenvalue weighted by Gasteiger charge is -2.15. The zero-order valence-corrected chi connectivity index (χ0v) is 23.6. The Bertz CT molecular complexity index is 2510. The van der Waals surface area contributed by atoms with Crippen molar-refractivity contribution in [2.24, 2.45) is 0 Å². The molecule has 0 aliphatic carbocycles. The molecule has 0 spiro atoms. The van der Waals surface area contributed by atoms with Gasteiger partial charge in [0.1, 0.15) is 22.2 Å². The van der Waals surface area contributed by atoms with Gasteiger partial charge >= 0.3 is 0 Å². The van der Waals surface area contributed by atoms with E-state index in [4.69, 9.17) is 8.83 Å². The van der Waals surface area contributed by atoms with E-state index in [-0.39, 0.29) is 0 Å². The van der Waals surface area contributed by atoms with Crippen molar-refractivity contribution in [1.29, 1.82) is 0 Å². The van der Waals surface area contributed by atoms with Gasteiger partial charge in [-0.05, 0) is 81.9 Å².